The number of nitriles is 1. The molecule has 1 aromatic carbocycles. The SMILES string of the molecule is CCN(c1ccncc1)S(=O)(=O)c1ccc(C#N)cc1Cl. The maximum Gasteiger partial charge on any atom is 0.265 e. The Hall–Kier alpha value is -2.10. The van der Waals surface area contributed by atoms with E-state index in [1.807, 2.05) is 6.07 Å². The van der Waals surface area contributed by atoms with E-state index in [1.165, 1.54) is 34.9 Å². The molecule has 0 fully saturated rings. The summed E-state index contributed by atoms with van der Waals surface area (Å²) in [5, 5.41) is 8.84. The van der Waals surface area contributed by atoms with Crippen LogP contribution in [0.1, 0.15) is 12.5 Å². The first-order valence-corrected chi connectivity index (χ1v) is 7.95. The minimum atomic E-state index is -3.80. The summed E-state index contributed by atoms with van der Waals surface area (Å²) in [5.74, 6) is 0. The lowest BCUT2D eigenvalue weighted by atomic mass is 10.2. The Morgan fingerprint density at radius 2 is 1.95 bits per heavy atom. The molecule has 0 bridgehead atoms. The number of rotatable bonds is 4. The average molecular weight is 322 g/mol. The van der Waals surface area contributed by atoms with Crippen molar-refractivity contribution in [3.63, 3.8) is 0 Å². The van der Waals surface area contributed by atoms with Crippen LogP contribution in [0.25, 0.3) is 0 Å². The second-order valence-corrected chi connectivity index (χ2v) is 6.37. The van der Waals surface area contributed by atoms with Gasteiger partial charge in [-0.05, 0) is 37.3 Å². The third-order valence-corrected chi connectivity index (χ3v) is 5.25. The Bertz CT molecular complexity index is 786. The van der Waals surface area contributed by atoms with E-state index in [2.05, 4.69) is 4.98 Å². The molecule has 0 saturated heterocycles. The smallest absolute Gasteiger partial charge is 0.265 e. The number of anilines is 1. The van der Waals surface area contributed by atoms with Crippen molar-refractivity contribution in [1.29, 1.82) is 5.26 Å². The molecule has 0 aliphatic heterocycles. The minimum Gasteiger partial charge on any atom is -0.266 e. The Balaban J connectivity index is 2.53. The van der Waals surface area contributed by atoms with Crippen LogP contribution in [0, 0.1) is 11.3 Å². The summed E-state index contributed by atoms with van der Waals surface area (Å²) in [6.07, 6.45) is 3.04. The predicted molar refractivity (Wildman–Crippen MR) is 80.6 cm³/mol. The lowest BCUT2D eigenvalue weighted by Crippen LogP contribution is -2.31. The van der Waals surface area contributed by atoms with Gasteiger partial charge in [0.05, 0.1) is 22.3 Å². The summed E-state index contributed by atoms with van der Waals surface area (Å²) in [6.45, 7) is 1.98. The molecule has 5 nitrogen and oxygen atoms in total. The molecule has 0 aliphatic rings. The molecule has 0 N–H and O–H groups in total. The summed E-state index contributed by atoms with van der Waals surface area (Å²) in [6, 6.07) is 9.26. The van der Waals surface area contributed by atoms with Crippen molar-refractivity contribution in [2.24, 2.45) is 0 Å². The molecule has 0 spiro atoms. The van der Waals surface area contributed by atoms with Crippen LogP contribution in [0.15, 0.2) is 47.6 Å². The first-order chi connectivity index (χ1) is 10.0. The van der Waals surface area contributed by atoms with E-state index in [1.54, 1.807) is 19.1 Å². The van der Waals surface area contributed by atoms with Gasteiger partial charge < -0.3 is 0 Å². The van der Waals surface area contributed by atoms with E-state index in [9.17, 15) is 8.42 Å². The molecule has 0 unspecified atom stereocenters. The van der Waals surface area contributed by atoms with E-state index >= 15 is 0 Å². The normalized spacial score (nSPS) is 10.9. The number of hydrogen-bond donors (Lipinski definition) is 0. The van der Waals surface area contributed by atoms with Crippen LogP contribution in [-0.2, 0) is 10.0 Å². The Morgan fingerprint density at radius 1 is 1.29 bits per heavy atom. The van der Waals surface area contributed by atoms with Gasteiger partial charge in [-0.25, -0.2) is 8.42 Å². The van der Waals surface area contributed by atoms with Crippen LogP contribution in [0.5, 0.6) is 0 Å². The molecular formula is C14H12ClN3O2S. The van der Waals surface area contributed by atoms with E-state index < -0.39 is 10.0 Å². The number of benzene rings is 1. The van der Waals surface area contributed by atoms with Crippen molar-refractivity contribution in [1.82, 2.24) is 4.98 Å². The molecule has 0 radical (unpaired) electrons. The molecule has 2 aromatic rings. The van der Waals surface area contributed by atoms with Gasteiger partial charge in [-0.3, -0.25) is 9.29 Å². The van der Waals surface area contributed by atoms with Crippen molar-refractivity contribution in [2.45, 2.75) is 11.8 Å². The third-order valence-electron chi connectivity index (χ3n) is 2.87. The lowest BCUT2D eigenvalue weighted by molar-refractivity contribution is 0.592. The highest BCUT2D eigenvalue weighted by Gasteiger charge is 2.26. The molecule has 0 amide bonds. The number of sulfonamides is 1. The molecule has 108 valence electrons. The van der Waals surface area contributed by atoms with Crippen LogP contribution in [0.4, 0.5) is 5.69 Å². The highest BCUT2D eigenvalue weighted by molar-refractivity contribution is 7.93. The van der Waals surface area contributed by atoms with Crippen LogP contribution >= 0.6 is 11.6 Å². The third kappa shape index (κ3) is 2.99. The van der Waals surface area contributed by atoms with Crippen LogP contribution < -0.4 is 4.31 Å². The zero-order valence-corrected chi connectivity index (χ0v) is 12.8. The van der Waals surface area contributed by atoms with Gasteiger partial charge >= 0.3 is 0 Å². The Morgan fingerprint density at radius 3 is 2.48 bits per heavy atom. The Kier molecular flexibility index (Phi) is 4.46. The number of halogens is 1. The van der Waals surface area contributed by atoms with Gasteiger partial charge in [0.2, 0.25) is 0 Å². The quantitative estimate of drug-likeness (QED) is 0.867. The zero-order valence-electron chi connectivity index (χ0n) is 11.2. The van der Waals surface area contributed by atoms with Crippen LogP contribution in [0.3, 0.4) is 0 Å². The molecule has 1 heterocycles. The summed E-state index contributed by atoms with van der Waals surface area (Å²) in [4.78, 5) is 3.85. The molecule has 2 rings (SSSR count). The van der Waals surface area contributed by atoms with Gasteiger partial charge in [0.15, 0.2) is 0 Å². The topological polar surface area (TPSA) is 74.1 Å². The summed E-state index contributed by atoms with van der Waals surface area (Å²) >= 11 is 6.01. The number of nitrogens with zero attached hydrogens (tertiary/aromatic N) is 3. The molecular weight excluding hydrogens is 310 g/mol. The fraction of sp³-hybridized carbons (Fsp3) is 0.143. The zero-order chi connectivity index (χ0) is 15.5. The van der Waals surface area contributed by atoms with Crippen molar-refractivity contribution in [3.05, 3.63) is 53.3 Å². The van der Waals surface area contributed by atoms with E-state index in [-0.39, 0.29) is 16.5 Å². The largest absolute Gasteiger partial charge is 0.266 e. The summed E-state index contributed by atoms with van der Waals surface area (Å²) < 4.78 is 26.7. The molecule has 7 heteroatoms. The molecule has 0 aliphatic carbocycles. The standard InChI is InChI=1S/C14H12ClN3O2S/c1-2-18(12-5-7-17-8-6-12)21(19,20)14-4-3-11(10-16)9-13(14)15/h3-9H,2H2,1H3. The van der Waals surface area contributed by atoms with Crippen molar-refractivity contribution in [2.75, 3.05) is 10.8 Å². The number of hydrogen-bond acceptors (Lipinski definition) is 4. The number of aromatic nitrogens is 1. The van der Waals surface area contributed by atoms with E-state index in [0.717, 1.165) is 0 Å². The first kappa shape index (κ1) is 15.3. The molecule has 0 saturated carbocycles. The van der Waals surface area contributed by atoms with Gasteiger partial charge in [-0.15, -0.1) is 0 Å². The van der Waals surface area contributed by atoms with Gasteiger partial charge in [-0.1, -0.05) is 11.6 Å². The highest BCUT2D eigenvalue weighted by atomic mass is 35.5. The van der Waals surface area contributed by atoms with Gasteiger partial charge in [0.1, 0.15) is 4.90 Å². The minimum absolute atomic E-state index is 0.0261. The summed E-state index contributed by atoms with van der Waals surface area (Å²) in [5.41, 5.74) is 0.818. The van der Waals surface area contributed by atoms with Gasteiger partial charge in [0, 0.05) is 18.9 Å². The Labute approximate surface area is 128 Å². The van der Waals surface area contributed by atoms with Crippen molar-refractivity contribution < 1.29 is 8.42 Å². The number of pyridine rings is 1. The average Bonchev–Trinajstić information content (AvgIpc) is 2.48. The predicted octanol–water partition coefficient (Wildman–Crippen LogP) is 2.82. The fourth-order valence-electron chi connectivity index (χ4n) is 1.90. The van der Waals surface area contributed by atoms with E-state index in [0.29, 0.717) is 11.3 Å². The summed E-state index contributed by atoms with van der Waals surface area (Å²) in [7, 11) is -3.80. The second-order valence-electron chi connectivity index (χ2n) is 4.13. The molecule has 0 atom stereocenters. The highest BCUT2D eigenvalue weighted by Crippen LogP contribution is 2.28. The first-order valence-electron chi connectivity index (χ1n) is 6.13. The molecule has 21 heavy (non-hydrogen) atoms. The maximum absolute atomic E-state index is 12.7. The van der Waals surface area contributed by atoms with E-state index in [4.69, 9.17) is 16.9 Å². The monoisotopic (exact) mass is 321 g/mol. The van der Waals surface area contributed by atoms with Crippen LogP contribution in [0.2, 0.25) is 5.02 Å². The van der Waals surface area contributed by atoms with Gasteiger partial charge in [-0.2, -0.15) is 5.26 Å². The van der Waals surface area contributed by atoms with Gasteiger partial charge in [0.25, 0.3) is 10.0 Å². The second kappa shape index (κ2) is 6.12. The lowest BCUT2D eigenvalue weighted by Gasteiger charge is -2.23. The fourth-order valence-corrected chi connectivity index (χ4v) is 3.89. The maximum atomic E-state index is 12.7. The molecule has 1 aromatic heterocycles. The van der Waals surface area contributed by atoms with Crippen molar-refractivity contribution >= 4 is 27.3 Å². The van der Waals surface area contributed by atoms with Crippen LogP contribution in [-0.4, -0.2) is 19.9 Å². The van der Waals surface area contributed by atoms with Crippen molar-refractivity contribution in [3.8, 4) is 6.07 Å².